The first-order valence-corrected chi connectivity index (χ1v) is 11.8. The highest BCUT2D eigenvalue weighted by atomic mass is 16.5. The van der Waals surface area contributed by atoms with Crippen LogP contribution in [0.15, 0.2) is 77.3 Å². The molecule has 8 heteroatoms. The normalized spacial score (nSPS) is 11.9. The van der Waals surface area contributed by atoms with Crippen molar-refractivity contribution in [3.63, 3.8) is 0 Å². The van der Waals surface area contributed by atoms with Gasteiger partial charge in [0.25, 0.3) is 5.91 Å². The Morgan fingerprint density at radius 1 is 1.06 bits per heavy atom. The SMILES string of the molecule is CC(C)C(COc1ccc(-c2cc3ncccc3o2)cc1)Nc1ccc(C(=O)NCCC(=O)O)cc1. The monoisotopic (exact) mass is 487 g/mol. The molecule has 0 spiro atoms. The molecule has 2 heterocycles. The molecule has 186 valence electrons. The van der Waals surface area contributed by atoms with E-state index in [1.54, 1.807) is 18.3 Å². The highest BCUT2D eigenvalue weighted by Gasteiger charge is 2.15. The topological polar surface area (TPSA) is 114 Å². The Hall–Kier alpha value is -4.33. The number of rotatable bonds is 11. The molecule has 3 N–H and O–H groups in total. The number of amides is 1. The van der Waals surface area contributed by atoms with E-state index >= 15 is 0 Å². The van der Waals surface area contributed by atoms with Gasteiger partial charge in [0, 0.05) is 35.6 Å². The van der Waals surface area contributed by atoms with Crippen molar-refractivity contribution < 1.29 is 23.8 Å². The number of fused-ring (bicyclic) bond motifs is 1. The van der Waals surface area contributed by atoms with Gasteiger partial charge >= 0.3 is 5.97 Å². The van der Waals surface area contributed by atoms with Crippen LogP contribution in [0.5, 0.6) is 5.75 Å². The van der Waals surface area contributed by atoms with Crippen molar-refractivity contribution in [2.75, 3.05) is 18.5 Å². The van der Waals surface area contributed by atoms with Crippen LogP contribution in [0.3, 0.4) is 0 Å². The number of hydrogen-bond donors (Lipinski definition) is 3. The largest absolute Gasteiger partial charge is 0.491 e. The van der Waals surface area contributed by atoms with Crippen LogP contribution in [-0.4, -0.2) is 41.2 Å². The van der Waals surface area contributed by atoms with Crippen LogP contribution in [0.25, 0.3) is 22.4 Å². The van der Waals surface area contributed by atoms with E-state index in [1.165, 1.54) is 0 Å². The molecule has 4 aromatic rings. The lowest BCUT2D eigenvalue weighted by molar-refractivity contribution is -0.136. The lowest BCUT2D eigenvalue weighted by Crippen LogP contribution is -2.32. The number of aliphatic carboxylic acids is 1. The molecule has 1 atom stereocenters. The van der Waals surface area contributed by atoms with E-state index in [0.717, 1.165) is 33.9 Å². The minimum absolute atomic E-state index is 0.0429. The van der Waals surface area contributed by atoms with Crippen molar-refractivity contribution in [3.8, 4) is 17.1 Å². The minimum atomic E-state index is -0.948. The fourth-order valence-corrected chi connectivity index (χ4v) is 3.63. The van der Waals surface area contributed by atoms with Gasteiger partial charge in [-0.2, -0.15) is 0 Å². The first-order valence-electron chi connectivity index (χ1n) is 11.8. The number of furan rings is 1. The third kappa shape index (κ3) is 6.41. The summed E-state index contributed by atoms with van der Waals surface area (Å²) in [5.74, 6) is 0.571. The zero-order valence-electron chi connectivity index (χ0n) is 20.2. The highest BCUT2D eigenvalue weighted by Crippen LogP contribution is 2.28. The first kappa shape index (κ1) is 24.8. The molecular formula is C28H29N3O5. The van der Waals surface area contributed by atoms with Gasteiger partial charge in [0.05, 0.1) is 12.5 Å². The van der Waals surface area contributed by atoms with Gasteiger partial charge in [0.15, 0.2) is 5.58 Å². The molecule has 8 nitrogen and oxygen atoms in total. The second-order valence-electron chi connectivity index (χ2n) is 8.80. The lowest BCUT2D eigenvalue weighted by atomic mass is 10.0. The number of hydrogen-bond acceptors (Lipinski definition) is 6. The van der Waals surface area contributed by atoms with Crippen LogP contribution in [0.1, 0.15) is 30.6 Å². The summed E-state index contributed by atoms with van der Waals surface area (Å²) in [6.45, 7) is 4.79. The Morgan fingerprint density at radius 2 is 1.81 bits per heavy atom. The molecule has 0 aliphatic carbocycles. The maximum Gasteiger partial charge on any atom is 0.305 e. The van der Waals surface area contributed by atoms with E-state index in [2.05, 4.69) is 29.5 Å². The van der Waals surface area contributed by atoms with E-state index in [9.17, 15) is 9.59 Å². The summed E-state index contributed by atoms with van der Waals surface area (Å²) in [6.07, 6.45) is 1.63. The molecule has 0 saturated carbocycles. The molecule has 0 fully saturated rings. The average molecular weight is 488 g/mol. The molecule has 1 amide bonds. The smallest absolute Gasteiger partial charge is 0.305 e. The van der Waals surface area contributed by atoms with Crippen molar-refractivity contribution in [1.82, 2.24) is 10.3 Å². The molecule has 2 aromatic heterocycles. The number of carbonyl (C=O) groups is 2. The van der Waals surface area contributed by atoms with E-state index in [4.69, 9.17) is 14.3 Å². The Balaban J connectivity index is 1.32. The molecule has 0 aliphatic rings. The Bertz CT molecular complexity index is 1280. The summed E-state index contributed by atoms with van der Waals surface area (Å²) in [4.78, 5) is 27.0. The molecular weight excluding hydrogens is 458 g/mol. The number of benzene rings is 2. The fraction of sp³-hybridized carbons (Fsp3) is 0.250. The van der Waals surface area contributed by atoms with Gasteiger partial charge in [-0.3, -0.25) is 14.6 Å². The highest BCUT2D eigenvalue weighted by molar-refractivity contribution is 5.94. The molecule has 0 bridgehead atoms. The zero-order chi connectivity index (χ0) is 25.5. The van der Waals surface area contributed by atoms with Crippen molar-refractivity contribution in [1.29, 1.82) is 0 Å². The quantitative estimate of drug-likeness (QED) is 0.266. The second kappa shape index (κ2) is 11.4. The van der Waals surface area contributed by atoms with Gasteiger partial charge in [-0.15, -0.1) is 0 Å². The predicted octanol–water partition coefficient (Wildman–Crippen LogP) is 5.21. The molecule has 36 heavy (non-hydrogen) atoms. The second-order valence-corrected chi connectivity index (χ2v) is 8.80. The van der Waals surface area contributed by atoms with Gasteiger partial charge in [0.1, 0.15) is 23.6 Å². The van der Waals surface area contributed by atoms with Crippen LogP contribution in [0, 0.1) is 5.92 Å². The fourth-order valence-electron chi connectivity index (χ4n) is 3.63. The number of pyridine rings is 1. The number of anilines is 1. The Kier molecular flexibility index (Phi) is 7.85. The van der Waals surface area contributed by atoms with Crippen LogP contribution in [0.4, 0.5) is 5.69 Å². The number of nitrogens with zero attached hydrogens (tertiary/aromatic N) is 1. The van der Waals surface area contributed by atoms with Crippen molar-refractivity contribution in [2.45, 2.75) is 26.3 Å². The van der Waals surface area contributed by atoms with E-state index < -0.39 is 5.97 Å². The van der Waals surface area contributed by atoms with E-state index in [-0.39, 0.29) is 24.9 Å². The molecule has 2 aromatic carbocycles. The van der Waals surface area contributed by atoms with Crippen LogP contribution >= 0.6 is 0 Å². The number of carboxylic acids is 1. The molecule has 0 saturated heterocycles. The van der Waals surface area contributed by atoms with Gasteiger partial charge in [-0.05, 0) is 66.6 Å². The maximum atomic E-state index is 12.1. The van der Waals surface area contributed by atoms with Crippen LogP contribution < -0.4 is 15.4 Å². The number of aromatic nitrogens is 1. The minimum Gasteiger partial charge on any atom is -0.491 e. The van der Waals surface area contributed by atoms with E-state index in [1.807, 2.05) is 54.6 Å². The third-order valence-electron chi connectivity index (χ3n) is 5.78. The zero-order valence-corrected chi connectivity index (χ0v) is 20.2. The predicted molar refractivity (Wildman–Crippen MR) is 138 cm³/mol. The molecule has 0 radical (unpaired) electrons. The summed E-state index contributed by atoms with van der Waals surface area (Å²) < 4.78 is 11.9. The Morgan fingerprint density at radius 3 is 2.47 bits per heavy atom. The number of nitrogens with one attached hydrogen (secondary N) is 2. The Labute approximate surface area is 209 Å². The average Bonchev–Trinajstić information content (AvgIpc) is 3.31. The summed E-state index contributed by atoms with van der Waals surface area (Å²) in [6, 6.07) is 20.6. The number of ether oxygens (including phenoxy) is 1. The standard InChI is InChI=1S/C28H29N3O5/c1-18(2)24(31-21-9-5-20(6-10-21)28(34)30-15-13-27(32)33)17-35-22-11-7-19(8-12-22)26-16-23-25(36-26)4-3-14-29-23/h3-12,14,16,18,24,31H,13,15,17H2,1-2H3,(H,30,34)(H,32,33). The molecule has 0 aliphatic heterocycles. The van der Waals surface area contributed by atoms with Crippen molar-refractivity contribution >= 4 is 28.7 Å². The summed E-state index contributed by atoms with van der Waals surface area (Å²) in [5.41, 5.74) is 3.87. The number of carbonyl (C=O) groups excluding carboxylic acids is 1. The number of carboxylic acid groups (broad SMARTS) is 1. The third-order valence-corrected chi connectivity index (χ3v) is 5.78. The summed E-state index contributed by atoms with van der Waals surface area (Å²) in [5, 5.41) is 14.8. The van der Waals surface area contributed by atoms with Crippen LogP contribution in [-0.2, 0) is 4.79 Å². The van der Waals surface area contributed by atoms with E-state index in [0.29, 0.717) is 18.1 Å². The van der Waals surface area contributed by atoms with Gasteiger partial charge in [0.2, 0.25) is 0 Å². The van der Waals surface area contributed by atoms with Gasteiger partial charge < -0.3 is 24.9 Å². The van der Waals surface area contributed by atoms with Crippen LogP contribution in [0.2, 0.25) is 0 Å². The molecule has 1 unspecified atom stereocenters. The summed E-state index contributed by atoms with van der Waals surface area (Å²) >= 11 is 0. The first-order chi connectivity index (χ1) is 17.4. The van der Waals surface area contributed by atoms with Gasteiger partial charge in [-0.25, -0.2) is 0 Å². The summed E-state index contributed by atoms with van der Waals surface area (Å²) in [7, 11) is 0. The van der Waals surface area contributed by atoms with Crippen molar-refractivity contribution in [3.05, 3.63) is 78.5 Å². The van der Waals surface area contributed by atoms with Gasteiger partial charge in [-0.1, -0.05) is 13.8 Å². The van der Waals surface area contributed by atoms with Crippen molar-refractivity contribution in [2.24, 2.45) is 5.92 Å². The molecule has 4 rings (SSSR count). The maximum absolute atomic E-state index is 12.1. The lowest BCUT2D eigenvalue weighted by Gasteiger charge is -2.24.